The fraction of sp³-hybridized carbons (Fsp3) is 0.389. The van der Waals surface area contributed by atoms with Crippen molar-refractivity contribution in [2.45, 2.75) is 24.9 Å². The van der Waals surface area contributed by atoms with Crippen LogP contribution in [0.25, 0.3) is 0 Å². The van der Waals surface area contributed by atoms with E-state index in [9.17, 15) is 4.79 Å². The van der Waals surface area contributed by atoms with E-state index < -0.39 is 0 Å². The molecule has 0 unspecified atom stereocenters. The van der Waals surface area contributed by atoms with Gasteiger partial charge in [0.05, 0.1) is 5.75 Å². The summed E-state index contributed by atoms with van der Waals surface area (Å²) >= 11 is 1.33. The van der Waals surface area contributed by atoms with Gasteiger partial charge in [0, 0.05) is 36.9 Å². The van der Waals surface area contributed by atoms with Gasteiger partial charge in [-0.25, -0.2) is 9.97 Å². The number of rotatable bonds is 5. The second-order valence-electron chi connectivity index (χ2n) is 6.08. The van der Waals surface area contributed by atoms with Crippen molar-refractivity contribution in [2.75, 3.05) is 29.1 Å². The van der Waals surface area contributed by atoms with E-state index in [1.165, 1.54) is 30.3 Å². The van der Waals surface area contributed by atoms with E-state index in [-0.39, 0.29) is 5.91 Å². The molecule has 1 amide bonds. The van der Waals surface area contributed by atoms with Crippen LogP contribution in [0.5, 0.6) is 0 Å². The maximum Gasteiger partial charge on any atom is 0.234 e. The summed E-state index contributed by atoms with van der Waals surface area (Å²) in [5, 5.41) is 3.53. The van der Waals surface area contributed by atoms with Gasteiger partial charge in [-0.05, 0) is 49.1 Å². The van der Waals surface area contributed by atoms with Gasteiger partial charge in [0.15, 0.2) is 5.16 Å². The molecule has 1 fully saturated rings. The maximum absolute atomic E-state index is 12.0. The molecule has 1 aliphatic rings. The first kappa shape index (κ1) is 16.8. The Bertz CT molecular complexity index is 654. The highest BCUT2D eigenvalue weighted by atomic mass is 32.2. The molecule has 1 saturated heterocycles. The number of nitrogens with zero attached hydrogens (tertiary/aromatic N) is 3. The lowest BCUT2D eigenvalue weighted by molar-refractivity contribution is -0.113. The standard InChI is InChI=1S/C18H22N4OS/c1-14-7-11-22(12-8-14)16-5-3-15(4-6-16)21-17(23)13-24-18-19-9-2-10-20-18/h2-6,9-10,14H,7-8,11-13H2,1H3,(H,21,23). The van der Waals surface area contributed by atoms with Gasteiger partial charge in [-0.15, -0.1) is 0 Å². The lowest BCUT2D eigenvalue weighted by atomic mass is 9.99. The lowest BCUT2D eigenvalue weighted by Gasteiger charge is -2.32. The van der Waals surface area contributed by atoms with Gasteiger partial charge < -0.3 is 10.2 Å². The summed E-state index contributed by atoms with van der Waals surface area (Å²) in [7, 11) is 0. The summed E-state index contributed by atoms with van der Waals surface area (Å²) in [5.41, 5.74) is 2.05. The zero-order chi connectivity index (χ0) is 16.8. The van der Waals surface area contributed by atoms with Gasteiger partial charge in [0.2, 0.25) is 5.91 Å². The summed E-state index contributed by atoms with van der Waals surface area (Å²) in [6.45, 7) is 4.54. The molecule has 0 bridgehead atoms. The Labute approximate surface area is 146 Å². The van der Waals surface area contributed by atoms with Crippen LogP contribution < -0.4 is 10.2 Å². The van der Waals surface area contributed by atoms with Crippen LogP contribution in [0.15, 0.2) is 47.9 Å². The minimum atomic E-state index is -0.0491. The number of piperidine rings is 1. The molecular weight excluding hydrogens is 320 g/mol. The number of hydrogen-bond donors (Lipinski definition) is 1. The largest absolute Gasteiger partial charge is 0.372 e. The van der Waals surface area contributed by atoms with E-state index in [0.717, 1.165) is 24.7 Å². The van der Waals surface area contributed by atoms with Crippen molar-refractivity contribution in [3.05, 3.63) is 42.7 Å². The molecule has 3 rings (SSSR count). The maximum atomic E-state index is 12.0. The Hall–Kier alpha value is -2.08. The Morgan fingerprint density at radius 1 is 1.21 bits per heavy atom. The van der Waals surface area contributed by atoms with Crippen molar-refractivity contribution >= 4 is 29.0 Å². The van der Waals surface area contributed by atoms with Crippen LogP contribution in [0.4, 0.5) is 11.4 Å². The van der Waals surface area contributed by atoms with Crippen molar-refractivity contribution in [2.24, 2.45) is 5.92 Å². The average Bonchev–Trinajstić information content (AvgIpc) is 2.62. The monoisotopic (exact) mass is 342 g/mol. The second-order valence-corrected chi connectivity index (χ2v) is 7.03. The van der Waals surface area contributed by atoms with Crippen LogP contribution in [0.2, 0.25) is 0 Å². The van der Waals surface area contributed by atoms with E-state index in [2.05, 4.69) is 39.2 Å². The van der Waals surface area contributed by atoms with Crippen LogP contribution >= 0.6 is 11.8 Å². The van der Waals surface area contributed by atoms with E-state index in [1.807, 2.05) is 12.1 Å². The normalized spacial score (nSPS) is 15.3. The summed E-state index contributed by atoms with van der Waals surface area (Å²) in [6.07, 6.45) is 5.84. The highest BCUT2D eigenvalue weighted by molar-refractivity contribution is 7.99. The van der Waals surface area contributed by atoms with Crippen molar-refractivity contribution in [3.63, 3.8) is 0 Å². The zero-order valence-electron chi connectivity index (χ0n) is 13.8. The highest BCUT2D eigenvalue weighted by Crippen LogP contribution is 2.24. The average molecular weight is 342 g/mol. The number of nitrogens with one attached hydrogen (secondary N) is 1. The van der Waals surface area contributed by atoms with Crippen molar-refractivity contribution < 1.29 is 4.79 Å². The molecule has 1 aliphatic heterocycles. The third-order valence-electron chi connectivity index (χ3n) is 4.17. The smallest absolute Gasteiger partial charge is 0.234 e. The van der Waals surface area contributed by atoms with Crippen LogP contribution in [-0.2, 0) is 4.79 Å². The molecule has 1 aromatic heterocycles. The first-order chi connectivity index (χ1) is 11.7. The van der Waals surface area contributed by atoms with Crippen LogP contribution in [0.3, 0.4) is 0 Å². The zero-order valence-corrected chi connectivity index (χ0v) is 14.6. The first-order valence-electron chi connectivity index (χ1n) is 8.25. The van der Waals surface area contributed by atoms with Gasteiger partial charge >= 0.3 is 0 Å². The predicted molar refractivity (Wildman–Crippen MR) is 98.4 cm³/mol. The fourth-order valence-corrected chi connectivity index (χ4v) is 3.31. The number of hydrogen-bond acceptors (Lipinski definition) is 5. The number of aromatic nitrogens is 2. The molecule has 0 radical (unpaired) electrons. The minimum absolute atomic E-state index is 0.0491. The number of benzene rings is 1. The second kappa shape index (κ2) is 8.15. The van der Waals surface area contributed by atoms with Gasteiger partial charge in [0.1, 0.15) is 0 Å². The number of thioether (sulfide) groups is 1. The van der Waals surface area contributed by atoms with E-state index in [0.29, 0.717) is 10.9 Å². The Morgan fingerprint density at radius 2 is 1.88 bits per heavy atom. The molecule has 24 heavy (non-hydrogen) atoms. The minimum Gasteiger partial charge on any atom is -0.372 e. The molecule has 1 aromatic carbocycles. The topological polar surface area (TPSA) is 58.1 Å². The van der Waals surface area contributed by atoms with Gasteiger partial charge in [-0.3, -0.25) is 4.79 Å². The van der Waals surface area contributed by atoms with Crippen LogP contribution in [-0.4, -0.2) is 34.7 Å². The van der Waals surface area contributed by atoms with Gasteiger partial charge in [-0.1, -0.05) is 18.7 Å². The van der Waals surface area contributed by atoms with E-state index >= 15 is 0 Å². The third kappa shape index (κ3) is 4.71. The SMILES string of the molecule is CC1CCN(c2ccc(NC(=O)CSc3ncccn3)cc2)CC1. The summed E-state index contributed by atoms with van der Waals surface area (Å²) in [6, 6.07) is 9.86. The quantitative estimate of drug-likeness (QED) is 0.666. The molecule has 5 nitrogen and oxygen atoms in total. The molecule has 0 atom stereocenters. The number of anilines is 2. The molecule has 126 valence electrons. The Balaban J connectivity index is 1.49. The Kier molecular flexibility index (Phi) is 5.69. The summed E-state index contributed by atoms with van der Waals surface area (Å²) in [4.78, 5) is 22.6. The molecular formula is C18H22N4OS. The number of carbonyl (C=O) groups is 1. The number of amides is 1. The molecule has 2 heterocycles. The lowest BCUT2D eigenvalue weighted by Crippen LogP contribution is -2.32. The van der Waals surface area contributed by atoms with Crippen LogP contribution in [0.1, 0.15) is 19.8 Å². The predicted octanol–water partition coefficient (Wildman–Crippen LogP) is 3.44. The molecule has 6 heteroatoms. The molecule has 1 N–H and O–H groups in total. The van der Waals surface area contributed by atoms with Crippen molar-refractivity contribution in [1.82, 2.24) is 9.97 Å². The van der Waals surface area contributed by atoms with Crippen molar-refractivity contribution in [3.8, 4) is 0 Å². The van der Waals surface area contributed by atoms with E-state index in [4.69, 9.17) is 0 Å². The van der Waals surface area contributed by atoms with Crippen molar-refractivity contribution in [1.29, 1.82) is 0 Å². The molecule has 0 spiro atoms. The van der Waals surface area contributed by atoms with Gasteiger partial charge in [0.25, 0.3) is 0 Å². The number of carbonyl (C=O) groups excluding carboxylic acids is 1. The first-order valence-corrected chi connectivity index (χ1v) is 9.24. The highest BCUT2D eigenvalue weighted by Gasteiger charge is 2.15. The molecule has 2 aromatic rings. The fourth-order valence-electron chi connectivity index (χ4n) is 2.71. The Morgan fingerprint density at radius 3 is 2.54 bits per heavy atom. The van der Waals surface area contributed by atoms with E-state index in [1.54, 1.807) is 18.5 Å². The van der Waals surface area contributed by atoms with Crippen LogP contribution in [0, 0.1) is 5.92 Å². The molecule has 0 aliphatic carbocycles. The van der Waals surface area contributed by atoms with Gasteiger partial charge in [-0.2, -0.15) is 0 Å². The molecule has 0 saturated carbocycles. The third-order valence-corrected chi connectivity index (χ3v) is 5.05. The summed E-state index contributed by atoms with van der Waals surface area (Å²) < 4.78 is 0. The summed E-state index contributed by atoms with van der Waals surface area (Å²) in [5.74, 6) is 1.08.